The van der Waals surface area contributed by atoms with Gasteiger partial charge in [0.25, 0.3) is 5.91 Å². The molecule has 29 heavy (non-hydrogen) atoms. The van der Waals surface area contributed by atoms with Crippen LogP contribution in [0.15, 0.2) is 65.5 Å². The molecule has 3 aromatic rings. The summed E-state index contributed by atoms with van der Waals surface area (Å²) in [7, 11) is 0. The second-order valence-corrected chi connectivity index (χ2v) is 8.01. The molecule has 1 aromatic heterocycles. The molecule has 0 spiro atoms. The van der Waals surface area contributed by atoms with Crippen molar-refractivity contribution in [1.82, 2.24) is 5.32 Å². The van der Waals surface area contributed by atoms with Crippen LogP contribution in [0.5, 0.6) is 0 Å². The van der Waals surface area contributed by atoms with Crippen LogP contribution in [0.3, 0.4) is 0 Å². The maximum absolute atomic E-state index is 14.0. The number of benzene rings is 2. The van der Waals surface area contributed by atoms with Gasteiger partial charge >= 0.3 is 0 Å². The highest BCUT2D eigenvalue weighted by Gasteiger charge is 2.26. The van der Waals surface area contributed by atoms with Gasteiger partial charge in [0.2, 0.25) is 0 Å². The molecule has 1 aliphatic heterocycles. The second kappa shape index (κ2) is 7.93. The average Bonchev–Trinajstić information content (AvgIpc) is 3.08. The zero-order valence-electron chi connectivity index (χ0n) is 15.5. The second-order valence-electron chi connectivity index (χ2n) is 6.62. The van der Waals surface area contributed by atoms with Crippen molar-refractivity contribution in [2.24, 2.45) is 0 Å². The number of anilines is 1. The fourth-order valence-electron chi connectivity index (χ4n) is 3.33. The van der Waals surface area contributed by atoms with Gasteiger partial charge in [-0.2, -0.15) is 4.73 Å². The van der Waals surface area contributed by atoms with Gasteiger partial charge < -0.3 is 15.4 Å². The summed E-state index contributed by atoms with van der Waals surface area (Å²) in [4.78, 5) is 15.4. The molecule has 1 aliphatic rings. The SMILES string of the molecule is CC1=C(C(=O)NCc2c[n+]([O-])cc3c(F)cccc23)SCN1c1cccc(Cl)c1. The number of carbonyl (C=O) groups excluding carboxylic acids is 1. The predicted molar refractivity (Wildman–Crippen MR) is 114 cm³/mol. The van der Waals surface area contributed by atoms with E-state index in [2.05, 4.69) is 5.32 Å². The van der Waals surface area contributed by atoms with E-state index in [-0.39, 0.29) is 17.8 Å². The quantitative estimate of drug-likeness (QED) is 0.495. The zero-order valence-corrected chi connectivity index (χ0v) is 17.1. The first-order chi connectivity index (χ1) is 13.9. The van der Waals surface area contributed by atoms with Crippen molar-refractivity contribution in [3.8, 4) is 0 Å². The van der Waals surface area contributed by atoms with Gasteiger partial charge in [0.15, 0.2) is 12.4 Å². The third-order valence-electron chi connectivity index (χ3n) is 4.78. The third kappa shape index (κ3) is 3.88. The Morgan fingerprint density at radius 1 is 1.28 bits per heavy atom. The highest BCUT2D eigenvalue weighted by Crippen LogP contribution is 2.36. The van der Waals surface area contributed by atoms with E-state index >= 15 is 0 Å². The van der Waals surface area contributed by atoms with Gasteiger partial charge in [-0.3, -0.25) is 4.79 Å². The lowest BCUT2D eigenvalue weighted by Crippen LogP contribution is -2.29. The van der Waals surface area contributed by atoms with Crippen molar-refractivity contribution in [3.63, 3.8) is 0 Å². The van der Waals surface area contributed by atoms with Crippen LogP contribution in [-0.4, -0.2) is 11.8 Å². The molecule has 5 nitrogen and oxygen atoms in total. The number of thioether (sulfide) groups is 1. The number of halogens is 2. The molecule has 148 valence electrons. The van der Waals surface area contributed by atoms with Crippen LogP contribution in [0, 0.1) is 11.0 Å². The zero-order chi connectivity index (χ0) is 20.5. The lowest BCUT2D eigenvalue weighted by atomic mass is 10.1. The normalized spacial score (nSPS) is 14.0. The Hall–Kier alpha value is -2.77. The Morgan fingerprint density at radius 2 is 2.07 bits per heavy atom. The molecule has 0 unspecified atom stereocenters. The largest absolute Gasteiger partial charge is 0.619 e. The summed E-state index contributed by atoms with van der Waals surface area (Å²) in [5, 5.41) is 16.2. The number of rotatable bonds is 4. The maximum Gasteiger partial charge on any atom is 0.259 e. The molecule has 0 saturated heterocycles. The standard InChI is InChI=1S/C21H17ClFN3O2S/c1-13-20(29-12-26(13)16-5-2-4-15(22)8-16)21(27)24-9-14-10-25(28)11-18-17(14)6-3-7-19(18)23/h2-8,10-11H,9,12H2,1H3,(H,24,27). The number of amides is 1. The first-order valence-electron chi connectivity index (χ1n) is 8.89. The van der Waals surface area contributed by atoms with E-state index in [0.717, 1.165) is 11.4 Å². The molecular weight excluding hydrogens is 413 g/mol. The van der Waals surface area contributed by atoms with Crippen LogP contribution in [0.2, 0.25) is 5.02 Å². The third-order valence-corrected chi connectivity index (χ3v) is 6.17. The lowest BCUT2D eigenvalue weighted by molar-refractivity contribution is -0.604. The molecule has 0 fully saturated rings. The number of nitrogens with zero attached hydrogens (tertiary/aromatic N) is 2. The summed E-state index contributed by atoms with van der Waals surface area (Å²) in [6, 6.07) is 12.1. The summed E-state index contributed by atoms with van der Waals surface area (Å²) in [6.45, 7) is 2.01. The van der Waals surface area contributed by atoms with Crippen molar-refractivity contribution in [3.05, 3.63) is 87.1 Å². The lowest BCUT2D eigenvalue weighted by Gasteiger charge is -2.19. The Labute approximate surface area is 176 Å². The molecule has 0 saturated carbocycles. The van der Waals surface area contributed by atoms with Crippen molar-refractivity contribution in [2.75, 3.05) is 10.8 Å². The first-order valence-corrected chi connectivity index (χ1v) is 10.3. The van der Waals surface area contributed by atoms with Gasteiger partial charge in [0.05, 0.1) is 16.2 Å². The Balaban J connectivity index is 1.55. The summed E-state index contributed by atoms with van der Waals surface area (Å²) >= 11 is 7.51. The average molecular weight is 430 g/mol. The molecule has 0 atom stereocenters. The Kier molecular flexibility index (Phi) is 5.34. The van der Waals surface area contributed by atoms with Crippen molar-refractivity contribution >= 4 is 45.7 Å². The van der Waals surface area contributed by atoms with Crippen molar-refractivity contribution in [1.29, 1.82) is 0 Å². The molecule has 1 N–H and O–H groups in total. The van der Waals surface area contributed by atoms with Crippen LogP contribution in [0.25, 0.3) is 10.8 Å². The van der Waals surface area contributed by atoms with Crippen LogP contribution in [-0.2, 0) is 11.3 Å². The molecule has 4 rings (SSSR count). The van der Waals surface area contributed by atoms with E-state index in [9.17, 15) is 14.4 Å². The van der Waals surface area contributed by atoms with E-state index in [4.69, 9.17) is 11.6 Å². The fraction of sp³-hybridized carbons (Fsp3) is 0.143. The van der Waals surface area contributed by atoms with Crippen LogP contribution in [0.4, 0.5) is 10.1 Å². The minimum atomic E-state index is -0.470. The molecule has 1 amide bonds. The topological polar surface area (TPSA) is 59.3 Å². The number of hydrogen-bond acceptors (Lipinski definition) is 4. The van der Waals surface area contributed by atoms with E-state index in [1.807, 2.05) is 30.0 Å². The van der Waals surface area contributed by atoms with Crippen LogP contribution < -0.4 is 14.9 Å². The van der Waals surface area contributed by atoms with Gasteiger partial charge in [-0.25, -0.2) is 4.39 Å². The highest BCUT2D eigenvalue weighted by molar-refractivity contribution is 8.04. The summed E-state index contributed by atoms with van der Waals surface area (Å²) in [5.41, 5.74) is 2.30. The van der Waals surface area contributed by atoms with E-state index in [0.29, 0.717) is 31.5 Å². The van der Waals surface area contributed by atoms with Gasteiger partial charge in [0, 0.05) is 33.9 Å². The number of hydrogen-bond donors (Lipinski definition) is 1. The van der Waals surface area contributed by atoms with E-state index in [1.54, 1.807) is 18.2 Å². The molecule has 2 heterocycles. The van der Waals surface area contributed by atoms with Gasteiger partial charge in [-0.05, 0) is 31.2 Å². The molecular formula is C21H17ClFN3O2S. The predicted octanol–water partition coefficient (Wildman–Crippen LogP) is 4.32. The number of nitrogens with one attached hydrogen (secondary N) is 1. The van der Waals surface area contributed by atoms with Gasteiger partial charge in [0.1, 0.15) is 5.82 Å². The molecule has 2 aromatic carbocycles. The van der Waals surface area contributed by atoms with Gasteiger partial charge in [-0.1, -0.05) is 41.6 Å². The monoisotopic (exact) mass is 429 g/mol. The fourth-order valence-corrected chi connectivity index (χ4v) is 4.64. The number of allylic oxidation sites excluding steroid dienone is 1. The minimum Gasteiger partial charge on any atom is -0.619 e. The first kappa shape index (κ1) is 19.5. The van der Waals surface area contributed by atoms with E-state index in [1.165, 1.54) is 30.2 Å². The van der Waals surface area contributed by atoms with Crippen molar-refractivity contribution in [2.45, 2.75) is 13.5 Å². The Bertz CT molecular complexity index is 1150. The summed E-state index contributed by atoms with van der Waals surface area (Å²) in [6.07, 6.45) is 2.54. The summed E-state index contributed by atoms with van der Waals surface area (Å²) in [5.74, 6) is -0.0974. The highest BCUT2D eigenvalue weighted by atomic mass is 35.5. The van der Waals surface area contributed by atoms with E-state index < -0.39 is 5.82 Å². The number of fused-ring (bicyclic) bond motifs is 1. The smallest absolute Gasteiger partial charge is 0.259 e. The number of pyridine rings is 1. The maximum atomic E-state index is 14.0. The van der Waals surface area contributed by atoms with Gasteiger partial charge in [-0.15, -0.1) is 0 Å². The summed E-state index contributed by atoms with van der Waals surface area (Å²) < 4.78 is 14.6. The van der Waals surface area contributed by atoms with Crippen molar-refractivity contribution < 1.29 is 13.9 Å². The molecule has 0 bridgehead atoms. The molecule has 0 radical (unpaired) electrons. The van der Waals surface area contributed by atoms with Crippen LogP contribution in [0.1, 0.15) is 12.5 Å². The Morgan fingerprint density at radius 3 is 2.86 bits per heavy atom. The minimum absolute atomic E-state index is 0.121. The molecule has 8 heteroatoms. The van der Waals surface area contributed by atoms with Crippen LogP contribution >= 0.6 is 23.4 Å². The molecule has 0 aliphatic carbocycles. The number of carbonyl (C=O) groups is 1. The number of aromatic nitrogens is 1.